The number of carbonyl (C=O) groups excluding carboxylic acids is 1. The highest BCUT2D eigenvalue weighted by atomic mass is 16.5. The van der Waals surface area contributed by atoms with Crippen LogP contribution in [0.3, 0.4) is 0 Å². The fourth-order valence-corrected chi connectivity index (χ4v) is 2.15. The zero-order chi connectivity index (χ0) is 15.2. The van der Waals surface area contributed by atoms with Crippen molar-refractivity contribution in [1.29, 1.82) is 5.26 Å². The maximum absolute atomic E-state index is 11.4. The number of rotatable bonds is 5. The number of nitrogens with zero attached hydrogens (tertiary/aromatic N) is 2. The summed E-state index contributed by atoms with van der Waals surface area (Å²) < 4.78 is 5.29. The summed E-state index contributed by atoms with van der Waals surface area (Å²) in [4.78, 5) is 13.0. The van der Waals surface area contributed by atoms with Gasteiger partial charge in [-0.3, -0.25) is 4.79 Å². The molecule has 0 spiro atoms. The van der Waals surface area contributed by atoms with Crippen LogP contribution in [-0.2, 0) is 11.3 Å². The summed E-state index contributed by atoms with van der Waals surface area (Å²) in [6.07, 6.45) is 0.792. The molecule has 0 aliphatic heterocycles. The molecule has 0 N–H and O–H groups in total. The molecule has 0 unspecified atom stereocenters. The third-order valence-corrected chi connectivity index (χ3v) is 3.41. The zero-order valence-corrected chi connectivity index (χ0v) is 12.0. The highest BCUT2D eigenvalue weighted by Crippen LogP contribution is 2.24. The van der Waals surface area contributed by atoms with E-state index in [1.54, 1.807) is 36.3 Å². The zero-order valence-electron chi connectivity index (χ0n) is 12.0. The highest BCUT2D eigenvalue weighted by molar-refractivity contribution is 5.75. The van der Waals surface area contributed by atoms with Gasteiger partial charge in [0.15, 0.2) is 0 Å². The number of carbonyl (C=O) groups is 1. The van der Waals surface area contributed by atoms with E-state index in [1.165, 1.54) is 0 Å². The smallest absolute Gasteiger partial charge is 0.214 e. The first-order valence-corrected chi connectivity index (χ1v) is 6.54. The number of amides is 1. The maximum Gasteiger partial charge on any atom is 0.214 e. The van der Waals surface area contributed by atoms with E-state index in [-0.39, 0.29) is 0 Å². The van der Waals surface area contributed by atoms with Crippen LogP contribution in [0.15, 0.2) is 42.5 Å². The Balaban J connectivity index is 2.27. The van der Waals surface area contributed by atoms with Gasteiger partial charge in [0.1, 0.15) is 5.75 Å². The van der Waals surface area contributed by atoms with Gasteiger partial charge in [0.25, 0.3) is 0 Å². The van der Waals surface area contributed by atoms with Crippen molar-refractivity contribution in [2.24, 2.45) is 0 Å². The molecular formula is C17H16N2O2. The number of nitriles is 1. The predicted octanol–water partition coefficient (Wildman–Crippen LogP) is 3.04. The highest BCUT2D eigenvalue weighted by Gasteiger charge is 2.10. The minimum atomic E-state index is 0.457. The molecule has 0 radical (unpaired) electrons. The molecular weight excluding hydrogens is 264 g/mol. The second-order valence-electron chi connectivity index (χ2n) is 4.64. The average Bonchev–Trinajstić information content (AvgIpc) is 2.54. The van der Waals surface area contributed by atoms with Gasteiger partial charge in [-0.05, 0) is 48.4 Å². The summed E-state index contributed by atoms with van der Waals surface area (Å²) in [5.41, 5.74) is 3.36. The summed E-state index contributed by atoms with van der Waals surface area (Å²) in [5, 5.41) is 8.81. The van der Waals surface area contributed by atoms with Crippen molar-refractivity contribution in [3.05, 3.63) is 59.2 Å². The largest absolute Gasteiger partial charge is 0.496 e. The minimum Gasteiger partial charge on any atom is -0.496 e. The van der Waals surface area contributed by atoms with Gasteiger partial charge >= 0.3 is 0 Å². The van der Waals surface area contributed by atoms with Gasteiger partial charge in [-0.25, -0.2) is 0 Å². The fourth-order valence-electron chi connectivity index (χ4n) is 2.15. The summed E-state index contributed by atoms with van der Waals surface area (Å²) in [6.45, 7) is 2.42. The Morgan fingerprint density at radius 3 is 2.52 bits per heavy atom. The Kier molecular flexibility index (Phi) is 4.57. The van der Waals surface area contributed by atoms with Crippen LogP contribution in [0, 0.1) is 18.3 Å². The molecule has 0 aromatic heterocycles. The van der Waals surface area contributed by atoms with Crippen LogP contribution in [0.1, 0.15) is 16.7 Å². The maximum atomic E-state index is 11.4. The molecule has 0 heterocycles. The summed E-state index contributed by atoms with van der Waals surface area (Å²) in [7, 11) is 1.63. The van der Waals surface area contributed by atoms with E-state index in [1.807, 2.05) is 25.1 Å². The molecule has 0 aliphatic rings. The first-order chi connectivity index (χ1) is 10.2. The number of ether oxygens (including phenoxy) is 1. The van der Waals surface area contributed by atoms with Gasteiger partial charge in [0.05, 0.1) is 25.3 Å². The molecule has 0 bridgehead atoms. The number of benzene rings is 2. The van der Waals surface area contributed by atoms with Crippen molar-refractivity contribution < 1.29 is 9.53 Å². The topological polar surface area (TPSA) is 53.3 Å². The molecule has 106 valence electrons. The summed E-state index contributed by atoms with van der Waals surface area (Å²) >= 11 is 0. The monoisotopic (exact) mass is 280 g/mol. The first kappa shape index (κ1) is 14.6. The van der Waals surface area contributed by atoms with Crippen LogP contribution < -0.4 is 9.64 Å². The van der Waals surface area contributed by atoms with E-state index in [9.17, 15) is 4.79 Å². The van der Waals surface area contributed by atoms with E-state index >= 15 is 0 Å². The van der Waals surface area contributed by atoms with E-state index in [2.05, 4.69) is 6.07 Å². The first-order valence-electron chi connectivity index (χ1n) is 6.54. The Hall–Kier alpha value is -2.80. The lowest BCUT2D eigenvalue weighted by Crippen LogP contribution is -2.20. The van der Waals surface area contributed by atoms with Gasteiger partial charge < -0.3 is 9.64 Å². The van der Waals surface area contributed by atoms with Gasteiger partial charge in [0.2, 0.25) is 6.41 Å². The van der Waals surface area contributed by atoms with Gasteiger partial charge in [-0.15, -0.1) is 0 Å². The molecule has 0 atom stereocenters. The Bertz CT molecular complexity index is 672. The van der Waals surface area contributed by atoms with Crippen LogP contribution in [0.5, 0.6) is 5.75 Å². The van der Waals surface area contributed by atoms with E-state index in [4.69, 9.17) is 10.00 Å². The van der Waals surface area contributed by atoms with Crippen molar-refractivity contribution in [2.45, 2.75) is 13.5 Å². The van der Waals surface area contributed by atoms with Gasteiger partial charge in [-0.1, -0.05) is 12.1 Å². The van der Waals surface area contributed by atoms with Crippen molar-refractivity contribution in [1.82, 2.24) is 0 Å². The Morgan fingerprint density at radius 2 is 1.95 bits per heavy atom. The number of anilines is 1. The lowest BCUT2D eigenvalue weighted by atomic mass is 10.1. The van der Waals surface area contributed by atoms with Crippen molar-refractivity contribution in [3.63, 3.8) is 0 Å². The van der Waals surface area contributed by atoms with Crippen LogP contribution in [-0.4, -0.2) is 13.5 Å². The molecule has 0 saturated heterocycles. The number of methoxy groups -OCH3 is 1. The molecule has 0 fully saturated rings. The summed E-state index contributed by atoms with van der Waals surface area (Å²) in [6, 6.07) is 14.8. The second-order valence-corrected chi connectivity index (χ2v) is 4.64. The van der Waals surface area contributed by atoms with Gasteiger partial charge in [-0.2, -0.15) is 5.26 Å². The second kappa shape index (κ2) is 6.58. The molecule has 2 aromatic rings. The molecule has 4 heteroatoms. The van der Waals surface area contributed by atoms with E-state index in [0.29, 0.717) is 12.1 Å². The number of hydrogen-bond acceptors (Lipinski definition) is 3. The lowest BCUT2D eigenvalue weighted by Gasteiger charge is -2.19. The van der Waals surface area contributed by atoms with Crippen LogP contribution in [0.2, 0.25) is 0 Å². The Morgan fingerprint density at radius 1 is 1.24 bits per heavy atom. The SMILES string of the molecule is COc1cccc(CN(C=O)c2ccc(C#N)cc2)c1C. The van der Waals surface area contributed by atoms with E-state index in [0.717, 1.165) is 29.0 Å². The van der Waals surface area contributed by atoms with Crippen molar-refractivity contribution >= 4 is 12.1 Å². The predicted molar refractivity (Wildman–Crippen MR) is 81.1 cm³/mol. The average molecular weight is 280 g/mol. The van der Waals surface area contributed by atoms with Crippen molar-refractivity contribution in [2.75, 3.05) is 12.0 Å². The molecule has 2 rings (SSSR count). The molecule has 2 aromatic carbocycles. The third kappa shape index (κ3) is 3.21. The molecule has 0 saturated carbocycles. The molecule has 0 aliphatic carbocycles. The third-order valence-electron chi connectivity index (χ3n) is 3.41. The van der Waals surface area contributed by atoms with Crippen LogP contribution in [0.25, 0.3) is 0 Å². The quantitative estimate of drug-likeness (QED) is 0.791. The van der Waals surface area contributed by atoms with E-state index < -0.39 is 0 Å². The minimum absolute atomic E-state index is 0.457. The van der Waals surface area contributed by atoms with Crippen molar-refractivity contribution in [3.8, 4) is 11.8 Å². The fraction of sp³-hybridized carbons (Fsp3) is 0.176. The van der Waals surface area contributed by atoms with Crippen LogP contribution in [0.4, 0.5) is 5.69 Å². The molecule has 21 heavy (non-hydrogen) atoms. The van der Waals surface area contributed by atoms with Crippen LogP contribution >= 0.6 is 0 Å². The normalized spacial score (nSPS) is 9.76. The Labute approximate surface area is 124 Å². The van der Waals surface area contributed by atoms with Gasteiger partial charge in [0, 0.05) is 5.69 Å². The number of hydrogen-bond donors (Lipinski definition) is 0. The molecule has 1 amide bonds. The standard InChI is InChI=1S/C17H16N2O2/c1-13-15(4-3-5-17(13)21-2)11-19(12-20)16-8-6-14(10-18)7-9-16/h3-9,12H,11H2,1-2H3. The lowest BCUT2D eigenvalue weighted by molar-refractivity contribution is -0.107. The summed E-state index contributed by atoms with van der Waals surface area (Å²) in [5.74, 6) is 0.804. The molecule has 4 nitrogen and oxygen atoms in total.